The highest BCUT2D eigenvalue weighted by molar-refractivity contribution is 7.26. The summed E-state index contributed by atoms with van der Waals surface area (Å²) in [6.45, 7) is 4.78. The van der Waals surface area contributed by atoms with Gasteiger partial charge >= 0.3 is 0 Å². The quantitative estimate of drug-likeness (QED) is 0.196. The van der Waals surface area contributed by atoms with Crippen molar-refractivity contribution in [3.63, 3.8) is 0 Å². The van der Waals surface area contributed by atoms with E-state index < -0.39 is 0 Å². The van der Waals surface area contributed by atoms with Crippen LogP contribution in [0.25, 0.3) is 53.2 Å². The summed E-state index contributed by atoms with van der Waals surface area (Å²) in [5, 5.41) is 5.19. The molecule has 0 amide bonds. The van der Waals surface area contributed by atoms with Crippen LogP contribution in [0.15, 0.2) is 152 Å². The molecule has 1 heterocycles. The van der Waals surface area contributed by atoms with E-state index in [2.05, 4.69) is 170 Å². The molecule has 45 heavy (non-hydrogen) atoms. The highest BCUT2D eigenvalue weighted by Crippen LogP contribution is 2.57. The highest BCUT2D eigenvalue weighted by atomic mass is 32.1. The van der Waals surface area contributed by atoms with Gasteiger partial charge in [-0.2, -0.15) is 0 Å². The Morgan fingerprint density at radius 1 is 0.489 bits per heavy atom. The van der Waals surface area contributed by atoms with E-state index in [-0.39, 0.29) is 5.41 Å². The third-order valence-electron chi connectivity index (χ3n) is 9.61. The molecule has 0 radical (unpaired) electrons. The van der Waals surface area contributed by atoms with Gasteiger partial charge in [-0.25, -0.2) is 0 Å². The van der Waals surface area contributed by atoms with Gasteiger partial charge in [0.25, 0.3) is 0 Å². The zero-order valence-corrected chi connectivity index (χ0v) is 26.1. The Morgan fingerprint density at radius 3 is 1.98 bits per heavy atom. The van der Waals surface area contributed by atoms with Gasteiger partial charge in [-0.3, -0.25) is 0 Å². The molecule has 1 aromatic heterocycles. The number of thiophene rings is 1. The van der Waals surface area contributed by atoms with E-state index in [0.29, 0.717) is 0 Å². The van der Waals surface area contributed by atoms with Gasteiger partial charge in [0.2, 0.25) is 0 Å². The number of rotatable bonds is 4. The van der Waals surface area contributed by atoms with Gasteiger partial charge in [-0.1, -0.05) is 117 Å². The Morgan fingerprint density at radius 2 is 1.16 bits per heavy atom. The molecule has 1 nitrogen and oxygen atoms in total. The molecule has 0 unspecified atom stereocenters. The number of benzene rings is 7. The van der Waals surface area contributed by atoms with Gasteiger partial charge in [0.1, 0.15) is 0 Å². The Kier molecular flexibility index (Phi) is 5.78. The van der Waals surface area contributed by atoms with Crippen molar-refractivity contribution in [1.29, 1.82) is 0 Å². The molecule has 7 aromatic carbocycles. The van der Waals surface area contributed by atoms with Crippen LogP contribution in [-0.2, 0) is 5.41 Å². The maximum Gasteiger partial charge on any atom is 0.0468 e. The molecule has 0 atom stereocenters. The number of nitrogens with zero attached hydrogens (tertiary/aromatic N) is 1. The topological polar surface area (TPSA) is 3.24 Å². The van der Waals surface area contributed by atoms with Crippen LogP contribution >= 0.6 is 11.3 Å². The summed E-state index contributed by atoms with van der Waals surface area (Å²) in [5.41, 5.74) is 11.4. The molecular formula is C43H31NS. The van der Waals surface area contributed by atoms with Crippen molar-refractivity contribution in [3.8, 4) is 22.3 Å². The van der Waals surface area contributed by atoms with Crippen LogP contribution in [0.4, 0.5) is 17.1 Å². The summed E-state index contributed by atoms with van der Waals surface area (Å²) in [7, 11) is 0. The molecule has 0 saturated carbocycles. The molecule has 214 valence electrons. The Bertz CT molecular complexity index is 2400. The van der Waals surface area contributed by atoms with Gasteiger partial charge in [0, 0.05) is 42.6 Å². The first-order valence-electron chi connectivity index (χ1n) is 15.6. The van der Waals surface area contributed by atoms with Crippen molar-refractivity contribution in [3.05, 3.63) is 163 Å². The molecule has 0 fully saturated rings. The number of hydrogen-bond donors (Lipinski definition) is 0. The summed E-state index contributed by atoms with van der Waals surface area (Å²) < 4.78 is 2.70. The van der Waals surface area contributed by atoms with Crippen LogP contribution in [0.2, 0.25) is 0 Å². The lowest BCUT2D eigenvalue weighted by molar-refractivity contribution is 0.661. The van der Waals surface area contributed by atoms with Gasteiger partial charge in [0.15, 0.2) is 0 Å². The average molecular weight is 594 g/mol. The lowest BCUT2D eigenvalue weighted by Gasteiger charge is -2.27. The molecule has 1 aliphatic carbocycles. The summed E-state index contributed by atoms with van der Waals surface area (Å²) in [6, 6.07) is 55.7. The fraction of sp³-hybridized carbons (Fsp3) is 0.0698. The average Bonchev–Trinajstić information content (AvgIpc) is 3.56. The van der Waals surface area contributed by atoms with Crippen molar-refractivity contribution in [2.75, 3.05) is 4.90 Å². The van der Waals surface area contributed by atoms with Crippen molar-refractivity contribution in [2.24, 2.45) is 0 Å². The molecule has 0 bridgehead atoms. The van der Waals surface area contributed by atoms with E-state index in [1.807, 2.05) is 11.3 Å². The predicted molar refractivity (Wildman–Crippen MR) is 195 cm³/mol. The van der Waals surface area contributed by atoms with E-state index in [0.717, 1.165) is 17.1 Å². The third-order valence-corrected chi connectivity index (χ3v) is 10.7. The SMILES string of the molecule is CC1(C)c2ccc(N(c3ccccc3)c3ccc4ccccc4c3)cc2-c2c1cc1sc3ccccc3c1c2-c1ccccc1. The minimum Gasteiger partial charge on any atom is -0.310 e. The molecule has 0 saturated heterocycles. The standard InChI is InChI=1S/C43H31NS/c1-43(2)36-24-23-33(44(31-17-7-4-8-18-31)32-22-21-28-13-9-10-16-30(28)25-32)26-35(36)41-37(43)27-39-42(34-19-11-12-20-38(34)45-39)40(41)29-14-5-3-6-15-29/h3-27H,1-2H3. The number of fused-ring (bicyclic) bond motifs is 7. The monoisotopic (exact) mass is 593 g/mol. The largest absolute Gasteiger partial charge is 0.310 e. The molecule has 0 aliphatic heterocycles. The molecular weight excluding hydrogens is 563 g/mol. The van der Waals surface area contributed by atoms with Crippen LogP contribution in [0.3, 0.4) is 0 Å². The van der Waals surface area contributed by atoms with Gasteiger partial charge in [-0.15, -0.1) is 11.3 Å². The minimum atomic E-state index is -0.127. The Labute approximate surface area is 267 Å². The van der Waals surface area contributed by atoms with E-state index in [9.17, 15) is 0 Å². The Balaban J connectivity index is 1.35. The molecule has 0 spiro atoms. The molecule has 9 rings (SSSR count). The maximum absolute atomic E-state index is 2.49. The van der Waals surface area contributed by atoms with E-state index in [1.165, 1.54) is 64.3 Å². The Hall–Kier alpha value is -5.18. The van der Waals surface area contributed by atoms with Crippen molar-refractivity contribution in [1.82, 2.24) is 0 Å². The van der Waals surface area contributed by atoms with E-state index in [4.69, 9.17) is 0 Å². The maximum atomic E-state index is 2.49. The fourth-order valence-corrected chi connectivity index (χ4v) is 8.62. The lowest BCUT2D eigenvalue weighted by Crippen LogP contribution is -2.15. The molecule has 8 aromatic rings. The highest BCUT2D eigenvalue weighted by Gasteiger charge is 2.39. The zero-order valence-electron chi connectivity index (χ0n) is 25.3. The normalized spacial score (nSPS) is 13.3. The van der Waals surface area contributed by atoms with Crippen LogP contribution in [0, 0.1) is 0 Å². The van der Waals surface area contributed by atoms with Crippen molar-refractivity contribution < 1.29 is 0 Å². The molecule has 1 aliphatic rings. The second-order valence-corrected chi connectivity index (χ2v) is 13.7. The van der Waals surface area contributed by atoms with Crippen LogP contribution in [0.1, 0.15) is 25.0 Å². The van der Waals surface area contributed by atoms with Crippen LogP contribution < -0.4 is 4.90 Å². The number of hydrogen-bond acceptors (Lipinski definition) is 2. The van der Waals surface area contributed by atoms with Gasteiger partial charge in [-0.05, 0) is 92.7 Å². The summed E-state index contributed by atoms with van der Waals surface area (Å²) in [4.78, 5) is 2.40. The predicted octanol–water partition coefficient (Wildman–Crippen LogP) is 12.7. The zero-order chi connectivity index (χ0) is 30.1. The summed E-state index contributed by atoms with van der Waals surface area (Å²) in [5.74, 6) is 0. The lowest BCUT2D eigenvalue weighted by atomic mass is 9.81. The summed E-state index contributed by atoms with van der Waals surface area (Å²) in [6.07, 6.45) is 0. The number of para-hydroxylation sites is 1. The van der Waals surface area contributed by atoms with Gasteiger partial charge in [0.05, 0.1) is 0 Å². The smallest absolute Gasteiger partial charge is 0.0468 e. The van der Waals surface area contributed by atoms with Crippen molar-refractivity contribution in [2.45, 2.75) is 19.3 Å². The first-order chi connectivity index (χ1) is 22.1. The van der Waals surface area contributed by atoms with Crippen LogP contribution in [-0.4, -0.2) is 0 Å². The molecule has 2 heteroatoms. The second kappa shape index (κ2) is 9.92. The summed E-state index contributed by atoms with van der Waals surface area (Å²) >= 11 is 1.91. The fourth-order valence-electron chi connectivity index (χ4n) is 7.46. The van der Waals surface area contributed by atoms with E-state index in [1.54, 1.807) is 0 Å². The molecule has 0 N–H and O–H groups in total. The first kappa shape index (κ1) is 26.2. The minimum absolute atomic E-state index is 0.127. The van der Waals surface area contributed by atoms with Gasteiger partial charge < -0.3 is 4.90 Å². The van der Waals surface area contributed by atoms with Crippen LogP contribution in [0.5, 0.6) is 0 Å². The van der Waals surface area contributed by atoms with E-state index >= 15 is 0 Å². The number of anilines is 3. The first-order valence-corrected chi connectivity index (χ1v) is 16.4. The second-order valence-electron chi connectivity index (χ2n) is 12.6. The third kappa shape index (κ3) is 3.99. The van der Waals surface area contributed by atoms with Crippen molar-refractivity contribution >= 4 is 59.3 Å².